The predicted molar refractivity (Wildman–Crippen MR) is 63.6 cm³/mol. The molecule has 1 aliphatic rings. The van der Waals surface area contributed by atoms with Gasteiger partial charge in [-0.25, -0.2) is 0 Å². The SMILES string of the molecule is CCNC(=O)CNC(=O)c1cccc2c1OCO2. The number of carbonyl (C=O) groups is 2. The van der Waals surface area contributed by atoms with Crippen LogP contribution in [0.25, 0.3) is 0 Å². The molecule has 1 heterocycles. The second kappa shape index (κ2) is 5.39. The molecular weight excluding hydrogens is 236 g/mol. The molecule has 2 amide bonds. The zero-order chi connectivity index (χ0) is 13.0. The monoisotopic (exact) mass is 250 g/mol. The summed E-state index contributed by atoms with van der Waals surface area (Å²) in [6.45, 7) is 2.40. The second-order valence-corrected chi connectivity index (χ2v) is 3.68. The van der Waals surface area contributed by atoms with E-state index >= 15 is 0 Å². The summed E-state index contributed by atoms with van der Waals surface area (Å²) < 4.78 is 10.4. The molecule has 0 saturated heterocycles. The van der Waals surface area contributed by atoms with Gasteiger partial charge in [-0.15, -0.1) is 0 Å². The summed E-state index contributed by atoms with van der Waals surface area (Å²) in [6.07, 6.45) is 0. The molecule has 0 radical (unpaired) electrons. The summed E-state index contributed by atoms with van der Waals surface area (Å²) in [6, 6.07) is 5.05. The molecule has 96 valence electrons. The molecule has 0 spiro atoms. The number of likely N-dealkylation sites (N-methyl/N-ethyl adjacent to an activating group) is 1. The van der Waals surface area contributed by atoms with Crippen LogP contribution < -0.4 is 20.1 Å². The fourth-order valence-electron chi connectivity index (χ4n) is 1.62. The van der Waals surface area contributed by atoms with Crippen molar-refractivity contribution >= 4 is 11.8 Å². The van der Waals surface area contributed by atoms with Crippen LogP contribution in [0.3, 0.4) is 0 Å². The molecule has 2 rings (SSSR count). The van der Waals surface area contributed by atoms with E-state index in [2.05, 4.69) is 10.6 Å². The van der Waals surface area contributed by atoms with Crippen LogP contribution in [0.5, 0.6) is 11.5 Å². The number of amides is 2. The van der Waals surface area contributed by atoms with Crippen LogP contribution in [0.4, 0.5) is 0 Å². The van der Waals surface area contributed by atoms with E-state index in [1.807, 2.05) is 6.92 Å². The molecule has 0 saturated carbocycles. The van der Waals surface area contributed by atoms with E-state index in [1.165, 1.54) is 0 Å². The van der Waals surface area contributed by atoms with Crippen molar-refractivity contribution in [2.45, 2.75) is 6.92 Å². The number of rotatable bonds is 4. The van der Waals surface area contributed by atoms with E-state index in [4.69, 9.17) is 9.47 Å². The molecule has 0 bridgehead atoms. The average molecular weight is 250 g/mol. The Morgan fingerprint density at radius 2 is 2.11 bits per heavy atom. The van der Waals surface area contributed by atoms with Gasteiger partial charge in [-0.3, -0.25) is 9.59 Å². The zero-order valence-corrected chi connectivity index (χ0v) is 9.99. The highest BCUT2D eigenvalue weighted by atomic mass is 16.7. The fourth-order valence-corrected chi connectivity index (χ4v) is 1.62. The molecule has 1 aromatic carbocycles. The van der Waals surface area contributed by atoms with Gasteiger partial charge in [-0.2, -0.15) is 0 Å². The fraction of sp³-hybridized carbons (Fsp3) is 0.333. The van der Waals surface area contributed by atoms with E-state index in [9.17, 15) is 9.59 Å². The minimum atomic E-state index is -0.358. The smallest absolute Gasteiger partial charge is 0.255 e. The van der Waals surface area contributed by atoms with Crippen molar-refractivity contribution in [3.63, 3.8) is 0 Å². The Morgan fingerprint density at radius 1 is 1.28 bits per heavy atom. The molecule has 0 atom stereocenters. The molecule has 0 unspecified atom stereocenters. The molecular formula is C12H14N2O4. The van der Waals surface area contributed by atoms with Crippen molar-refractivity contribution in [2.75, 3.05) is 19.9 Å². The molecule has 6 nitrogen and oxygen atoms in total. The lowest BCUT2D eigenvalue weighted by molar-refractivity contribution is -0.120. The number of benzene rings is 1. The minimum Gasteiger partial charge on any atom is -0.454 e. The van der Waals surface area contributed by atoms with Gasteiger partial charge >= 0.3 is 0 Å². The first-order valence-electron chi connectivity index (χ1n) is 5.66. The topological polar surface area (TPSA) is 76.7 Å². The molecule has 2 N–H and O–H groups in total. The molecule has 0 aromatic heterocycles. The molecule has 1 aromatic rings. The van der Waals surface area contributed by atoms with Crippen LogP contribution in [0, 0.1) is 0 Å². The van der Waals surface area contributed by atoms with Crippen LogP contribution in [0.2, 0.25) is 0 Å². The number of para-hydroxylation sites is 1. The number of nitrogens with one attached hydrogen (secondary N) is 2. The van der Waals surface area contributed by atoms with E-state index < -0.39 is 0 Å². The molecule has 6 heteroatoms. The first-order chi connectivity index (χ1) is 8.72. The standard InChI is InChI=1S/C12H14N2O4/c1-2-13-10(15)6-14-12(16)8-4-3-5-9-11(8)18-7-17-9/h3-5H,2,6-7H2,1H3,(H,13,15)(H,14,16). The zero-order valence-electron chi connectivity index (χ0n) is 9.99. The minimum absolute atomic E-state index is 0.0583. The van der Waals surface area contributed by atoms with E-state index in [1.54, 1.807) is 18.2 Å². The van der Waals surface area contributed by atoms with Gasteiger partial charge in [-0.05, 0) is 19.1 Å². The van der Waals surface area contributed by atoms with Gasteiger partial charge in [-0.1, -0.05) is 6.07 Å². The van der Waals surface area contributed by atoms with Gasteiger partial charge in [0.2, 0.25) is 12.7 Å². The second-order valence-electron chi connectivity index (χ2n) is 3.68. The lowest BCUT2D eigenvalue weighted by Gasteiger charge is -2.07. The van der Waals surface area contributed by atoms with E-state index in [0.29, 0.717) is 23.6 Å². The summed E-state index contributed by atoms with van der Waals surface area (Å²) in [5.74, 6) is 0.380. The van der Waals surface area contributed by atoms with Crippen LogP contribution in [-0.4, -0.2) is 31.7 Å². The highest BCUT2D eigenvalue weighted by Crippen LogP contribution is 2.35. The maximum Gasteiger partial charge on any atom is 0.255 e. The Labute approximate surface area is 104 Å². The third kappa shape index (κ3) is 2.53. The Bertz CT molecular complexity index is 473. The van der Waals surface area contributed by atoms with Crippen LogP contribution in [0.1, 0.15) is 17.3 Å². The lowest BCUT2D eigenvalue weighted by Crippen LogP contribution is -2.36. The van der Waals surface area contributed by atoms with Gasteiger partial charge in [0.05, 0.1) is 12.1 Å². The number of fused-ring (bicyclic) bond motifs is 1. The highest BCUT2D eigenvalue weighted by molar-refractivity contribution is 5.99. The molecule has 1 aliphatic heterocycles. The van der Waals surface area contributed by atoms with Crippen LogP contribution in [-0.2, 0) is 4.79 Å². The summed E-state index contributed by atoms with van der Waals surface area (Å²) in [5.41, 5.74) is 0.370. The van der Waals surface area contributed by atoms with Crippen molar-refractivity contribution in [2.24, 2.45) is 0 Å². The summed E-state index contributed by atoms with van der Waals surface area (Å²) >= 11 is 0. The molecule has 0 aliphatic carbocycles. The Kier molecular flexibility index (Phi) is 3.66. The van der Waals surface area contributed by atoms with Crippen molar-refractivity contribution in [1.82, 2.24) is 10.6 Å². The van der Waals surface area contributed by atoms with E-state index in [-0.39, 0.29) is 25.2 Å². The van der Waals surface area contributed by atoms with Crippen molar-refractivity contribution in [1.29, 1.82) is 0 Å². The first kappa shape index (κ1) is 12.2. The maximum atomic E-state index is 11.9. The Morgan fingerprint density at radius 3 is 2.89 bits per heavy atom. The number of carbonyl (C=O) groups excluding carboxylic acids is 2. The number of hydrogen-bond donors (Lipinski definition) is 2. The van der Waals surface area contributed by atoms with Crippen LogP contribution >= 0.6 is 0 Å². The van der Waals surface area contributed by atoms with Gasteiger partial charge < -0.3 is 20.1 Å². The van der Waals surface area contributed by atoms with Crippen molar-refractivity contribution in [3.8, 4) is 11.5 Å². The van der Waals surface area contributed by atoms with Gasteiger partial charge in [0.25, 0.3) is 5.91 Å². The third-order valence-electron chi connectivity index (χ3n) is 2.42. The summed E-state index contributed by atoms with van der Waals surface area (Å²) in [4.78, 5) is 23.1. The molecule has 18 heavy (non-hydrogen) atoms. The predicted octanol–water partition coefficient (Wildman–Crippen LogP) is 0.281. The average Bonchev–Trinajstić information content (AvgIpc) is 2.84. The maximum absolute atomic E-state index is 11.9. The lowest BCUT2D eigenvalue weighted by atomic mass is 10.1. The van der Waals surface area contributed by atoms with Crippen molar-refractivity contribution < 1.29 is 19.1 Å². The van der Waals surface area contributed by atoms with Gasteiger partial charge in [0.1, 0.15) is 0 Å². The van der Waals surface area contributed by atoms with Crippen molar-refractivity contribution in [3.05, 3.63) is 23.8 Å². The quantitative estimate of drug-likeness (QED) is 0.804. The Hall–Kier alpha value is -2.24. The van der Waals surface area contributed by atoms with E-state index in [0.717, 1.165) is 0 Å². The normalized spacial score (nSPS) is 12.1. The summed E-state index contributed by atoms with van der Waals surface area (Å²) in [7, 11) is 0. The number of ether oxygens (including phenoxy) is 2. The highest BCUT2D eigenvalue weighted by Gasteiger charge is 2.21. The Balaban J connectivity index is 2.02. The first-order valence-corrected chi connectivity index (χ1v) is 5.66. The molecule has 0 fully saturated rings. The van der Waals surface area contributed by atoms with Crippen LogP contribution in [0.15, 0.2) is 18.2 Å². The number of hydrogen-bond acceptors (Lipinski definition) is 4. The summed E-state index contributed by atoms with van der Waals surface area (Å²) in [5, 5.41) is 5.12. The van der Waals surface area contributed by atoms with Gasteiger partial charge in [0.15, 0.2) is 11.5 Å². The third-order valence-corrected chi connectivity index (χ3v) is 2.42. The largest absolute Gasteiger partial charge is 0.454 e. The van der Waals surface area contributed by atoms with Gasteiger partial charge in [0, 0.05) is 6.54 Å².